The second kappa shape index (κ2) is 11.6. The molecular formula is C26H22BrClN2O3. The molecule has 5 nitrogen and oxygen atoms in total. The van der Waals surface area contributed by atoms with Crippen molar-refractivity contribution >= 4 is 50.8 Å². The number of ether oxygens (including phenoxy) is 2. The number of aryl methyl sites for hydroxylation is 1. The molecule has 3 rings (SSSR count). The third kappa shape index (κ3) is 6.61. The lowest BCUT2D eigenvalue weighted by Gasteiger charge is -2.15. The number of allylic oxidation sites excluding steroid dienone is 1. The summed E-state index contributed by atoms with van der Waals surface area (Å²) in [4.78, 5) is 12.3. The minimum absolute atomic E-state index is 0.190. The maximum Gasteiger partial charge on any atom is 0.262 e. The molecule has 168 valence electrons. The molecular weight excluding hydrogens is 504 g/mol. The van der Waals surface area contributed by atoms with Crippen molar-refractivity contribution in [2.75, 3.05) is 18.5 Å². The van der Waals surface area contributed by atoms with Crippen molar-refractivity contribution in [3.63, 3.8) is 0 Å². The van der Waals surface area contributed by atoms with Crippen molar-refractivity contribution < 1.29 is 14.3 Å². The molecule has 0 aliphatic carbocycles. The van der Waals surface area contributed by atoms with Crippen LogP contribution < -0.4 is 14.8 Å². The maximum absolute atomic E-state index is 12.3. The highest BCUT2D eigenvalue weighted by atomic mass is 79.9. The van der Waals surface area contributed by atoms with Gasteiger partial charge in [-0.15, -0.1) is 0 Å². The van der Waals surface area contributed by atoms with E-state index in [1.165, 1.54) is 0 Å². The number of benzene rings is 3. The predicted molar refractivity (Wildman–Crippen MR) is 136 cm³/mol. The van der Waals surface area contributed by atoms with Crippen molar-refractivity contribution in [3.8, 4) is 17.6 Å². The highest BCUT2D eigenvalue weighted by molar-refractivity contribution is 9.10. The summed E-state index contributed by atoms with van der Waals surface area (Å²) in [5, 5.41) is 12.9. The van der Waals surface area contributed by atoms with Crippen LogP contribution in [0.3, 0.4) is 0 Å². The fourth-order valence-electron chi connectivity index (χ4n) is 3.06. The molecule has 0 aromatic heterocycles. The van der Waals surface area contributed by atoms with Gasteiger partial charge in [0.25, 0.3) is 5.91 Å². The van der Waals surface area contributed by atoms with Crippen LogP contribution in [-0.4, -0.2) is 19.1 Å². The van der Waals surface area contributed by atoms with Crippen LogP contribution in [0.25, 0.3) is 11.6 Å². The van der Waals surface area contributed by atoms with Crippen molar-refractivity contribution in [3.05, 3.63) is 86.8 Å². The molecule has 0 saturated heterocycles. The van der Waals surface area contributed by atoms with Gasteiger partial charge in [-0.05, 0) is 71.7 Å². The van der Waals surface area contributed by atoms with Crippen molar-refractivity contribution in [2.24, 2.45) is 0 Å². The zero-order valence-corrected chi connectivity index (χ0v) is 20.5. The minimum atomic E-state index is -0.289. The van der Waals surface area contributed by atoms with E-state index in [-0.39, 0.29) is 12.5 Å². The quantitative estimate of drug-likeness (QED) is 0.257. The molecule has 0 fully saturated rings. The van der Waals surface area contributed by atoms with E-state index >= 15 is 0 Å². The normalized spacial score (nSPS) is 10.9. The molecule has 0 heterocycles. The summed E-state index contributed by atoms with van der Waals surface area (Å²) >= 11 is 9.75. The molecule has 1 N–H and O–H groups in total. The first-order chi connectivity index (χ1) is 15.9. The summed E-state index contributed by atoms with van der Waals surface area (Å²) in [7, 11) is 0. The number of hydrogen-bond acceptors (Lipinski definition) is 4. The van der Waals surface area contributed by atoms with Crippen LogP contribution in [0.2, 0.25) is 5.02 Å². The number of rotatable bonds is 8. The highest BCUT2D eigenvalue weighted by Crippen LogP contribution is 2.38. The largest absolute Gasteiger partial charge is 0.490 e. The standard InChI is InChI=1S/C26H22BrClN2O3/c1-3-32-24-14-18(12-19(15-29)21-6-4-5-7-23(21)28)13-22(27)26(24)33-16-25(31)30-20-10-8-17(2)9-11-20/h4-14H,3,16H2,1-2H3,(H,30,31). The van der Waals surface area contributed by atoms with Gasteiger partial charge in [-0.1, -0.05) is 47.5 Å². The fourth-order valence-corrected chi connectivity index (χ4v) is 3.87. The monoisotopic (exact) mass is 524 g/mol. The van der Waals surface area contributed by atoms with Crippen LogP contribution in [0.5, 0.6) is 11.5 Å². The number of nitrogens with zero attached hydrogens (tertiary/aromatic N) is 1. The summed E-state index contributed by atoms with van der Waals surface area (Å²) in [5.41, 5.74) is 3.59. The Morgan fingerprint density at radius 1 is 1.15 bits per heavy atom. The van der Waals surface area contributed by atoms with Gasteiger partial charge in [0.05, 0.1) is 22.7 Å². The van der Waals surface area contributed by atoms with Crippen LogP contribution in [0.4, 0.5) is 5.69 Å². The molecule has 0 unspecified atom stereocenters. The fraction of sp³-hybridized carbons (Fsp3) is 0.154. The third-order valence-corrected chi connectivity index (χ3v) is 5.53. The highest BCUT2D eigenvalue weighted by Gasteiger charge is 2.15. The van der Waals surface area contributed by atoms with Gasteiger partial charge in [-0.25, -0.2) is 0 Å². The summed E-state index contributed by atoms with van der Waals surface area (Å²) < 4.78 is 12.1. The van der Waals surface area contributed by atoms with E-state index in [1.807, 2.05) is 50.2 Å². The van der Waals surface area contributed by atoms with E-state index in [1.54, 1.807) is 30.3 Å². The van der Waals surface area contributed by atoms with Gasteiger partial charge in [0.2, 0.25) is 0 Å². The second-order valence-corrected chi connectivity index (χ2v) is 8.38. The Labute approximate surface area is 206 Å². The first-order valence-electron chi connectivity index (χ1n) is 10.2. The summed E-state index contributed by atoms with van der Waals surface area (Å²) in [6, 6.07) is 20.4. The number of hydrogen-bond donors (Lipinski definition) is 1. The molecule has 0 saturated carbocycles. The van der Waals surface area contributed by atoms with Gasteiger partial charge in [-0.2, -0.15) is 5.26 Å². The van der Waals surface area contributed by atoms with E-state index in [2.05, 4.69) is 27.3 Å². The van der Waals surface area contributed by atoms with E-state index in [9.17, 15) is 10.1 Å². The van der Waals surface area contributed by atoms with Gasteiger partial charge in [0.1, 0.15) is 0 Å². The topological polar surface area (TPSA) is 71.3 Å². The summed E-state index contributed by atoms with van der Waals surface area (Å²) in [5.74, 6) is 0.574. The lowest BCUT2D eigenvalue weighted by Crippen LogP contribution is -2.20. The number of carbonyl (C=O) groups is 1. The lowest BCUT2D eigenvalue weighted by atomic mass is 10.0. The number of carbonyl (C=O) groups excluding carboxylic acids is 1. The first-order valence-corrected chi connectivity index (χ1v) is 11.4. The molecule has 33 heavy (non-hydrogen) atoms. The Bertz CT molecular complexity index is 1220. The minimum Gasteiger partial charge on any atom is -0.490 e. The first kappa shape index (κ1) is 24.4. The van der Waals surface area contributed by atoms with E-state index in [4.69, 9.17) is 21.1 Å². The molecule has 3 aromatic rings. The number of anilines is 1. The molecule has 0 aliphatic rings. The van der Waals surface area contributed by atoms with E-state index < -0.39 is 0 Å². The number of halogens is 2. The van der Waals surface area contributed by atoms with Crippen molar-refractivity contribution in [1.29, 1.82) is 5.26 Å². The molecule has 0 bridgehead atoms. The molecule has 0 atom stereocenters. The Hall–Kier alpha value is -3.27. The average Bonchev–Trinajstić information content (AvgIpc) is 2.79. The molecule has 0 spiro atoms. The van der Waals surface area contributed by atoms with Crippen LogP contribution in [0.1, 0.15) is 23.6 Å². The summed E-state index contributed by atoms with van der Waals surface area (Å²) in [6.07, 6.45) is 1.72. The van der Waals surface area contributed by atoms with E-state index in [0.29, 0.717) is 44.4 Å². The Balaban J connectivity index is 1.82. The van der Waals surface area contributed by atoms with Gasteiger partial charge < -0.3 is 14.8 Å². The van der Waals surface area contributed by atoms with E-state index in [0.717, 1.165) is 11.1 Å². The van der Waals surface area contributed by atoms with Crippen LogP contribution in [0, 0.1) is 18.3 Å². The Morgan fingerprint density at radius 2 is 1.88 bits per heavy atom. The Kier molecular flexibility index (Phi) is 8.53. The number of amides is 1. The van der Waals surface area contributed by atoms with Gasteiger partial charge in [0, 0.05) is 16.3 Å². The van der Waals surface area contributed by atoms with Crippen LogP contribution in [-0.2, 0) is 4.79 Å². The SMILES string of the molecule is CCOc1cc(C=C(C#N)c2ccccc2Cl)cc(Br)c1OCC(=O)Nc1ccc(C)cc1. The second-order valence-electron chi connectivity index (χ2n) is 7.12. The van der Waals surface area contributed by atoms with Gasteiger partial charge >= 0.3 is 0 Å². The van der Waals surface area contributed by atoms with Crippen molar-refractivity contribution in [1.82, 2.24) is 0 Å². The van der Waals surface area contributed by atoms with Gasteiger partial charge in [0.15, 0.2) is 18.1 Å². The molecule has 7 heteroatoms. The summed E-state index contributed by atoms with van der Waals surface area (Å²) in [6.45, 7) is 4.05. The van der Waals surface area contributed by atoms with Crippen LogP contribution >= 0.6 is 27.5 Å². The van der Waals surface area contributed by atoms with Crippen LogP contribution in [0.15, 0.2) is 65.1 Å². The lowest BCUT2D eigenvalue weighted by molar-refractivity contribution is -0.118. The van der Waals surface area contributed by atoms with Crippen molar-refractivity contribution in [2.45, 2.75) is 13.8 Å². The zero-order valence-electron chi connectivity index (χ0n) is 18.2. The molecule has 1 amide bonds. The Morgan fingerprint density at radius 3 is 2.55 bits per heavy atom. The smallest absolute Gasteiger partial charge is 0.262 e. The third-order valence-electron chi connectivity index (χ3n) is 4.61. The number of nitriles is 1. The zero-order chi connectivity index (χ0) is 23.8. The molecule has 0 aliphatic heterocycles. The molecule has 0 radical (unpaired) electrons. The molecule has 3 aromatic carbocycles. The average molecular weight is 526 g/mol. The van der Waals surface area contributed by atoms with Gasteiger partial charge in [-0.3, -0.25) is 4.79 Å². The maximum atomic E-state index is 12.3. The predicted octanol–water partition coefficient (Wildman–Crippen LogP) is 6.89. The number of nitrogens with one attached hydrogen (secondary N) is 1.